The lowest BCUT2D eigenvalue weighted by molar-refractivity contribution is -0.140. The first kappa shape index (κ1) is 17.3. The van der Waals surface area contributed by atoms with Gasteiger partial charge in [-0.25, -0.2) is 4.79 Å². The van der Waals surface area contributed by atoms with Gasteiger partial charge in [-0.1, -0.05) is 36.9 Å². The van der Waals surface area contributed by atoms with E-state index in [-0.39, 0.29) is 29.3 Å². The van der Waals surface area contributed by atoms with E-state index < -0.39 is 5.97 Å². The van der Waals surface area contributed by atoms with E-state index in [9.17, 15) is 14.7 Å². The summed E-state index contributed by atoms with van der Waals surface area (Å²) in [6.07, 6.45) is 0. The van der Waals surface area contributed by atoms with Crippen LogP contribution in [-0.4, -0.2) is 24.0 Å². The maximum absolute atomic E-state index is 12.5. The highest BCUT2D eigenvalue weighted by molar-refractivity contribution is 6.10. The molecule has 5 nitrogen and oxygen atoms in total. The number of aromatic hydroxyl groups is 1. The smallest absolute Gasteiger partial charge is 0.333 e. The van der Waals surface area contributed by atoms with E-state index in [1.807, 2.05) is 0 Å². The van der Waals surface area contributed by atoms with Gasteiger partial charge in [0.1, 0.15) is 18.1 Å². The van der Waals surface area contributed by atoms with Gasteiger partial charge in [0.15, 0.2) is 5.78 Å². The van der Waals surface area contributed by atoms with Crippen molar-refractivity contribution in [3.63, 3.8) is 0 Å². The number of phenols is 1. The van der Waals surface area contributed by atoms with Crippen LogP contribution in [0.15, 0.2) is 54.6 Å². The van der Waals surface area contributed by atoms with Crippen molar-refractivity contribution in [3.05, 3.63) is 71.3 Å². The molecule has 124 valence electrons. The fraction of sp³-hybridized carbons (Fsp3) is 0.158. The van der Waals surface area contributed by atoms with Gasteiger partial charge in [-0.15, -0.1) is 0 Å². The van der Waals surface area contributed by atoms with Crippen LogP contribution in [0.2, 0.25) is 0 Å². The number of methoxy groups -OCH3 is 1. The van der Waals surface area contributed by atoms with Gasteiger partial charge < -0.3 is 14.6 Å². The molecule has 0 saturated carbocycles. The molecule has 0 saturated heterocycles. The lowest BCUT2D eigenvalue weighted by Crippen LogP contribution is -2.08. The Labute approximate surface area is 140 Å². The number of rotatable bonds is 6. The summed E-state index contributed by atoms with van der Waals surface area (Å²) in [5.41, 5.74) is 1.31. The molecule has 0 fully saturated rings. The van der Waals surface area contributed by atoms with Crippen molar-refractivity contribution in [1.82, 2.24) is 0 Å². The monoisotopic (exact) mass is 326 g/mol. The molecule has 0 unspecified atom stereocenters. The van der Waals surface area contributed by atoms with Gasteiger partial charge in [0.25, 0.3) is 0 Å². The van der Waals surface area contributed by atoms with E-state index in [1.165, 1.54) is 19.2 Å². The van der Waals surface area contributed by atoms with Gasteiger partial charge in [-0.05, 0) is 13.0 Å². The third-order valence-corrected chi connectivity index (χ3v) is 3.39. The number of carbonyl (C=O) groups is 2. The fourth-order valence-corrected chi connectivity index (χ4v) is 2.11. The largest absolute Gasteiger partial charge is 0.507 e. The average molecular weight is 326 g/mol. The molecule has 2 aromatic carbocycles. The maximum atomic E-state index is 12.5. The zero-order valence-electron chi connectivity index (χ0n) is 13.5. The summed E-state index contributed by atoms with van der Waals surface area (Å²) < 4.78 is 10.3. The van der Waals surface area contributed by atoms with Gasteiger partial charge >= 0.3 is 5.97 Å². The number of ketones is 1. The number of carbonyl (C=O) groups excluding carboxylic acids is 2. The summed E-state index contributed by atoms with van der Waals surface area (Å²) in [6.45, 7) is 4.96. The first-order chi connectivity index (χ1) is 11.4. The lowest BCUT2D eigenvalue weighted by atomic mass is 10.00. The van der Waals surface area contributed by atoms with Gasteiger partial charge in [0.2, 0.25) is 0 Å². The number of phenolic OH excluding ortho intramolecular Hbond substituents is 1. The molecule has 0 aliphatic carbocycles. The molecule has 0 heterocycles. The Bertz CT molecular complexity index is 778. The molecule has 2 rings (SSSR count). The van der Waals surface area contributed by atoms with Crippen LogP contribution in [0.4, 0.5) is 0 Å². The molecule has 5 heteroatoms. The Hall–Kier alpha value is -3.08. The van der Waals surface area contributed by atoms with E-state index in [4.69, 9.17) is 9.47 Å². The van der Waals surface area contributed by atoms with Crippen molar-refractivity contribution in [2.45, 2.75) is 13.5 Å². The summed E-state index contributed by atoms with van der Waals surface area (Å²) >= 11 is 0. The van der Waals surface area contributed by atoms with E-state index >= 15 is 0 Å². The van der Waals surface area contributed by atoms with Crippen LogP contribution >= 0.6 is 0 Å². The molecule has 0 bridgehead atoms. The van der Waals surface area contributed by atoms with Crippen molar-refractivity contribution >= 4 is 11.8 Å². The molecule has 0 aliphatic rings. The molecular weight excluding hydrogens is 308 g/mol. The highest BCUT2D eigenvalue weighted by Gasteiger charge is 2.18. The minimum Gasteiger partial charge on any atom is -0.507 e. The molecular formula is C19H18O5. The number of ether oxygens (including phenoxy) is 2. The highest BCUT2D eigenvalue weighted by atomic mass is 16.5. The van der Waals surface area contributed by atoms with Crippen molar-refractivity contribution in [3.8, 4) is 11.5 Å². The summed E-state index contributed by atoms with van der Waals surface area (Å²) in [7, 11) is 1.43. The number of esters is 1. The second-order valence-corrected chi connectivity index (χ2v) is 5.23. The van der Waals surface area contributed by atoms with Gasteiger partial charge in [0, 0.05) is 22.8 Å². The van der Waals surface area contributed by atoms with E-state index in [0.717, 1.165) is 0 Å². The molecule has 0 radical (unpaired) electrons. The molecule has 2 aromatic rings. The summed E-state index contributed by atoms with van der Waals surface area (Å²) in [5.74, 6) is -0.744. The topological polar surface area (TPSA) is 72.8 Å². The van der Waals surface area contributed by atoms with Gasteiger partial charge in [-0.2, -0.15) is 0 Å². The first-order valence-corrected chi connectivity index (χ1v) is 7.26. The van der Waals surface area contributed by atoms with Crippen molar-refractivity contribution < 1.29 is 24.2 Å². The van der Waals surface area contributed by atoms with Crippen LogP contribution in [-0.2, 0) is 16.1 Å². The molecule has 0 aromatic heterocycles. The normalized spacial score (nSPS) is 10.1. The van der Waals surface area contributed by atoms with Crippen molar-refractivity contribution in [2.24, 2.45) is 0 Å². The molecule has 0 atom stereocenters. The van der Waals surface area contributed by atoms with Crippen LogP contribution in [0, 0.1) is 0 Å². The second-order valence-electron chi connectivity index (χ2n) is 5.23. The fourth-order valence-electron chi connectivity index (χ4n) is 2.11. The van der Waals surface area contributed by atoms with E-state index in [2.05, 4.69) is 6.58 Å². The van der Waals surface area contributed by atoms with Crippen LogP contribution in [0.1, 0.15) is 28.4 Å². The minimum atomic E-state index is -0.541. The molecule has 0 aliphatic heterocycles. The van der Waals surface area contributed by atoms with Gasteiger partial charge in [-0.3, -0.25) is 4.79 Å². The lowest BCUT2D eigenvalue weighted by Gasteiger charge is -2.13. The summed E-state index contributed by atoms with van der Waals surface area (Å²) in [4.78, 5) is 24.1. The zero-order valence-corrected chi connectivity index (χ0v) is 13.5. The van der Waals surface area contributed by atoms with Crippen LogP contribution in [0.3, 0.4) is 0 Å². The number of hydrogen-bond donors (Lipinski definition) is 1. The Morgan fingerprint density at radius 3 is 2.42 bits per heavy atom. The number of hydrogen-bond acceptors (Lipinski definition) is 5. The Balaban J connectivity index is 2.36. The number of benzene rings is 2. The third-order valence-electron chi connectivity index (χ3n) is 3.39. The molecule has 24 heavy (non-hydrogen) atoms. The summed E-state index contributed by atoms with van der Waals surface area (Å²) in [5, 5.41) is 10.1. The molecule has 0 amide bonds. The van der Waals surface area contributed by atoms with Crippen molar-refractivity contribution in [2.75, 3.05) is 7.11 Å². The quantitative estimate of drug-likeness (QED) is 0.501. The molecule has 1 N–H and O–H groups in total. The van der Waals surface area contributed by atoms with E-state index in [0.29, 0.717) is 16.9 Å². The average Bonchev–Trinajstić information content (AvgIpc) is 2.60. The zero-order chi connectivity index (χ0) is 17.7. The molecule has 0 spiro atoms. The van der Waals surface area contributed by atoms with Gasteiger partial charge in [0.05, 0.1) is 12.7 Å². The van der Waals surface area contributed by atoms with E-state index in [1.54, 1.807) is 37.3 Å². The van der Waals surface area contributed by atoms with Crippen LogP contribution < -0.4 is 4.74 Å². The Morgan fingerprint density at radius 1 is 1.17 bits per heavy atom. The minimum absolute atomic E-state index is 0.0930. The van der Waals surface area contributed by atoms with Crippen LogP contribution in [0.5, 0.6) is 11.5 Å². The Kier molecular flexibility index (Phi) is 5.37. The predicted molar refractivity (Wildman–Crippen MR) is 89.1 cm³/mol. The second kappa shape index (κ2) is 7.46. The van der Waals surface area contributed by atoms with Crippen LogP contribution in [0.25, 0.3) is 0 Å². The standard InChI is InChI=1S/C19H18O5/c1-12(2)19(22)24-11-14-9-15(16(20)10-17(14)23-3)18(21)13-7-5-4-6-8-13/h4-10,20H,1,11H2,2-3H3. The third kappa shape index (κ3) is 3.81. The SMILES string of the molecule is C=C(C)C(=O)OCc1cc(C(=O)c2ccccc2)c(O)cc1OC. The predicted octanol–water partition coefficient (Wildman–Crippen LogP) is 3.25. The maximum Gasteiger partial charge on any atom is 0.333 e. The Morgan fingerprint density at radius 2 is 1.83 bits per heavy atom. The summed E-state index contributed by atoms with van der Waals surface area (Å²) in [6, 6.07) is 11.4. The highest BCUT2D eigenvalue weighted by Crippen LogP contribution is 2.30. The van der Waals surface area contributed by atoms with Crippen molar-refractivity contribution in [1.29, 1.82) is 0 Å². The first-order valence-electron chi connectivity index (χ1n) is 7.26.